The molecule has 2 rings (SSSR count). The van der Waals surface area contributed by atoms with Crippen LogP contribution in [0.4, 0.5) is 5.69 Å². The summed E-state index contributed by atoms with van der Waals surface area (Å²) in [6.45, 7) is 4.14. The van der Waals surface area contributed by atoms with Gasteiger partial charge in [-0.3, -0.25) is 9.89 Å². The lowest BCUT2D eigenvalue weighted by Gasteiger charge is -2.11. The van der Waals surface area contributed by atoms with Crippen molar-refractivity contribution in [3.63, 3.8) is 0 Å². The fourth-order valence-corrected chi connectivity index (χ4v) is 2.01. The van der Waals surface area contributed by atoms with Crippen molar-refractivity contribution in [1.29, 1.82) is 0 Å². The summed E-state index contributed by atoms with van der Waals surface area (Å²) in [6.07, 6.45) is 0.200. The van der Waals surface area contributed by atoms with Gasteiger partial charge in [-0.05, 0) is 38.1 Å². The van der Waals surface area contributed by atoms with Crippen LogP contribution in [0.3, 0.4) is 0 Å². The fourth-order valence-electron chi connectivity index (χ4n) is 2.01. The predicted molar refractivity (Wildman–Crippen MR) is 79.2 cm³/mol. The van der Waals surface area contributed by atoms with Crippen LogP contribution >= 0.6 is 0 Å². The number of aliphatic hydroxyl groups is 1. The van der Waals surface area contributed by atoms with E-state index in [1.807, 2.05) is 19.9 Å². The SMILES string of the molecule is CCOc1ccc(NC(=O)Cc2cc(C)[nH]n2)cc1CO. The summed E-state index contributed by atoms with van der Waals surface area (Å²) in [4.78, 5) is 11.9. The number of ether oxygens (including phenoxy) is 1. The Morgan fingerprint density at radius 1 is 1.43 bits per heavy atom. The number of benzene rings is 1. The summed E-state index contributed by atoms with van der Waals surface area (Å²) >= 11 is 0. The van der Waals surface area contributed by atoms with E-state index in [4.69, 9.17) is 4.74 Å². The van der Waals surface area contributed by atoms with Crippen LogP contribution in [0, 0.1) is 6.92 Å². The van der Waals surface area contributed by atoms with E-state index in [1.165, 1.54) is 0 Å². The van der Waals surface area contributed by atoms with Crippen molar-refractivity contribution >= 4 is 11.6 Å². The van der Waals surface area contributed by atoms with Crippen molar-refractivity contribution in [2.24, 2.45) is 0 Å². The number of hydrogen-bond acceptors (Lipinski definition) is 4. The molecular weight excluding hydrogens is 270 g/mol. The van der Waals surface area contributed by atoms with Crippen LogP contribution in [0.2, 0.25) is 0 Å². The molecule has 1 aromatic heterocycles. The summed E-state index contributed by atoms with van der Waals surface area (Å²) in [6, 6.07) is 7.02. The first kappa shape index (κ1) is 15.1. The van der Waals surface area contributed by atoms with Crippen LogP contribution in [0.15, 0.2) is 24.3 Å². The maximum atomic E-state index is 11.9. The molecule has 21 heavy (non-hydrogen) atoms. The molecule has 6 nitrogen and oxygen atoms in total. The molecule has 0 unspecified atom stereocenters. The number of carbonyl (C=O) groups excluding carboxylic acids is 1. The normalized spacial score (nSPS) is 10.4. The van der Waals surface area contributed by atoms with Gasteiger partial charge in [-0.2, -0.15) is 5.10 Å². The first-order valence-corrected chi connectivity index (χ1v) is 6.79. The third-order valence-corrected chi connectivity index (χ3v) is 2.92. The maximum Gasteiger partial charge on any atom is 0.230 e. The Kier molecular flexibility index (Phi) is 4.94. The molecule has 6 heteroatoms. The highest BCUT2D eigenvalue weighted by Crippen LogP contribution is 2.23. The molecule has 0 bridgehead atoms. The Morgan fingerprint density at radius 3 is 2.86 bits per heavy atom. The second-order valence-electron chi connectivity index (χ2n) is 4.68. The van der Waals surface area contributed by atoms with E-state index < -0.39 is 0 Å². The number of nitrogens with one attached hydrogen (secondary N) is 2. The van der Waals surface area contributed by atoms with Gasteiger partial charge in [0, 0.05) is 16.9 Å². The molecule has 0 saturated heterocycles. The summed E-state index contributed by atoms with van der Waals surface area (Å²) in [5, 5.41) is 18.9. The quantitative estimate of drug-likeness (QED) is 0.756. The molecule has 1 aromatic carbocycles. The van der Waals surface area contributed by atoms with Crippen LogP contribution in [-0.4, -0.2) is 27.8 Å². The standard InChI is InChI=1S/C15H19N3O3/c1-3-21-14-5-4-12(7-11(14)9-19)16-15(20)8-13-6-10(2)17-18-13/h4-7,19H,3,8-9H2,1-2H3,(H,16,20)(H,17,18). The van der Waals surface area contributed by atoms with Crippen LogP contribution in [0.1, 0.15) is 23.9 Å². The lowest BCUT2D eigenvalue weighted by molar-refractivity contribution is -0.115. The molecule has 0 radical (unpaired) electrons. The van der Waals surface area contributed by atoms with Crippen molar-refractivity contribution in [3.8, 4) is 5.75 Å². The minimum Gasteiger partial charge on any atom is -0.494 e. The number of nitrogens with zero attached hydrogens (tertiary/aromatic N) is 1. The van der Waals surface area contributed by atoms with Crippen molar-refractivity contribution in [2.45, 2.75) is 26.9 Å². The number of rotatable bonds is 6. The van der Waals surface area contributed by atoms with Crippen molar-refractivity contribution in [2.75, 3.05) is 11.9 Å². The Hall–Kier alpha value is -2.34. The number of aliphatic hydroxyl groups excluding tert-OH is 1. The molecule has 112 valence electrons. The zero-order valence-corrected chi connectivity index (χ0v) is 12.1. The van der Waals surface area contributed by atoms with Crippen molar-refractivity contribution in [1.82, 2.24) is 10.2 Å². The number of anilines is 1. The highest BCUT2D eigenvalue weighted by atomic mass is 16.5. The highest BCUT2D eigenvalue weighted by molar-refractivity contribution is 5.92. The molecule has 3 N–H and O–H groups in total. The maximum absolute atomic E-state index is 11.9. The van der Waals surface area contributed by atoms with Gasteiger partial charge in [-0.15, -0.1) is 0 Å². The summed E-state index contributed by atoms with van der Waals surface area (Å²) in [7, 11) is 0. The smallest absolute Gasteiger partial charge is 0.230 e. The second kappa shape index (κ2) is 6.90. The zero-order chi connectivity index (χ0) is 15.2. The molecule has 2 aromatic rings. The van der Waals surface area contributed by atoms with Crippen LogP contribution in [0.5, 0.6) is 5.75 Å². The topological polar surface area (TPSA) is 87.2 Å². The first-order valence-electron chi connectivity index (χ1n) is 6.79. The van der Waals surface area contributed by atoms with E-state index in [9.17, 15) is 9.90 Å². The Morgan fingerprint density at radius 2 is 2.24 bits per heavy atom. The van der Waals surface area contributed by atoms with Gasteiger partial charge in [0.15, 0.2) is 0 Å². The van der Waals surface area contributed by atoms with Crippen molar-refractivity contribution in [3.05, 3.63) is 41.2 Å². The van der Waals surface area contributed by atoms with E-state index in [-0.39, 0.29) is 18.9 Å². The molecule has 0 spiro atoms. The number of amides is 1. The fraction of sp³-hybridized carbons (Fsp3) is 0.333. The average Bonchev–Trinajstić information content (AvgIpc) is 2.85. The van der Waals surface area contributed by atoms with E-state index >= 15 is 0 Å². The lowest BCUT2D eigenvalue weighted by atomic mass is 10.2. The monoisotopic (exact) mass is 289 g/mol. The van der Waals surface area contributed by atoms with Crippen LogP contribution < -0.4 is 10.1 Å². The van der Waals surface area contributed by atoms with E-state index in [2.05, 4.69) is 15.5 Å². The largest absolute Gasteiger partial charge is 0.494 e. The van der Waals surface area contributed by atoms with Gasteiger partial charge in [0.05, 0.1) is 25.3 Å². The third-order valence-electron chi connectivity index (χ3n) is 2.92. The van der Waals surface area contributed by atoms with E-state index in [0.717, 1.165) is 5.69 Å². The molecule has 0 aliphatic rings. The highest BCUT2D eigenvalue weighted by Gasteiger charge is 2.09. The number of hydrogen-bond donors (Lipinski definition) is 3. The molecule has 1 amide bonds. The van der Waals surface area contributed by atoms with Gasteiger partial charge in [-0.1, -0.05) is 0 Å². The van der Waals surface area contributed by atoms with Gasteiger partial charge >= 0.3 is 0 Å². The van der Waals surface area contributed by atoms with E-state index in [1.54, 1.807) is 18.2 Å². The van der Waals surface area contributed by atoms with Gasteiger partial charge in [0.2, 0.25) is 5.91 Å². The first-order chi connectivity index (χ1) is 10.1. The Labute approximate surface area is 123 Å². The van der Waals surface area contributed by atoms with Gasteiger partial charge in [0.25, 0.3) is 0 Å². The molecule has 0 atom stereocenters. The lowest BCUT2D eigenvalue weighted by Crippen LogP contribution is -2.15. The molecule has 0 aliphatic heterocycles. The Bertz CT molecular complexity index is 622. The molecule has 0 fully saturated rings. The summed E-state index contributed by atoms with van der Waals surface area (Å²) in [5.41, 5.74) is 2.88. The van der Waals surface area contributed by atoms with Gasteiger partial charge in [-0.25, -0.2) is 0 Å². The number of aromatic nitrogens is 2. The minimum atomic E-state index is -0.158. The van der Waals surface area contributed by atoms with Crippen LogP contribution in [-0.2, 0) is 17.8 Å². The number of carbonyl (C=O) groups is 1. The predicted octanol–water partition coefficient (Wildman–Crippen LogP) is 1.79. The zero-order valence-electron chi connectivity index (χ0n) is 12.1. The average molecular weight is 289 g/mol. The van der Waals surface area contributed by atoms with E-state index in [0.29, 0.717) is 29.3 Å². The number of H-pyrrole nitrogens is 1. The third kappa shape index (κ3) is 4.06. The number of aromatic amines is 1. The van der Waals surface area contributed by atoms with Crippen molar-refractivity contribution < 1.29 is 14.6 Å². The summed E-state index contributed by atoms with van der Waals surface area (Å²) in [5.74, 6) is 0.468. The van der Waals surface area contributed by atoms with Gasteiger partial charge < -0.3 is 15.2 Å². The number of aryl methyl sites for hydroxylation is 1. The molecule has 0 aliphatic carbocycles. The van der Waals surface area contributed by atoms with Gasteiger partial charge in [0.1, 0.15) is 5.75 Å². The second-order valence-corrected chi connectivity index (χ2v) is 4.68. The minimum absolute atomic E-state index is 0.141. The molecule has 1 heterocycles. The summed E-state index contributed by atoms with van der Waals surface area (Å²) < 4.78 is 5.40. The van der Waals surface area contributed by atoms with Crippen LogP contribution in [0.25, 0.3) is 0 Å². The molecular formula is C15H19N3O3. The Balaban J connectivity index is 2.03. The molecule has 0 saturated carbocycles.